The molecule has 0 radical (unpaired) electrons. The summed E-state index contributed by atoms with van der Waals surface area (Å²) in [6.07, 6.45) is -2.43. The molecule has 0 bridgehead atoms. The minimum atomic E-state index is -4.58. The Morgan fingerprint density at radius 2 is 1.69 bits per heavy atom. The number of alkyl halides is 3. The Morgan fingerprint density at radius 1 is 1.06 bits per heavy atom. The van der Waals surface area contributed by atoms with Gasteiger partial charge in [-0.3, -0.25) is 9.36 Å². The molecule has 0 saturated heterocycles. The van der Waals surface area contributed by atoms with Crippen molar-refractivity contribution in [2.24, 2.45) is 0 Å². The number of rotatable bonds is 6. The topological polar surface area (TPSA) is 56.2 Å². The van der Waals surface area contributed by atoms with Crippen molar-refractivity contribution in [3.63, 3.8) is 0 Å². The van der Waals surface area contributed by atoms with Crippen molar-refractivity contribution in [3.05, 3.63) is 107 Å². The fourth-order valence-corrected chi connectivity index (χ4v) is 3.59. The molecule has 1 amide bonds. The molecule has 2 aromatic heterocycles. The van der Waals surface area contributed by atoms with Gasteiger partial charge in [0.05, 0.1) is 16.6 Å². The molecule has 0 fully saturated rings. The van der Waals surface area contributed by atoms with Crippen molar-refractivity contribution in [1.29, 1.82) is 0 Å². The SMILES string of the molecule is CC(NC(=O)c1cccn1-c1ncc(C(F)(F)F)cc1Cl)c1ccc(Oc2ccc(F)cc2)cc1. The molecule has 180 valence electrons. The van der Waals surface area contributed by atoms with E-state index in [2.05, 4.69) is 10.3 Å². The second kappa shape index (κ2) is 9.79. The quantitative estimate of drug-likeness (QED) is 0.289. The lowest BCUT2D eigenvalue weighted by Gasteiger charge is -2.17. The number of nitrogens with one attached hydrogen (secondary N) is 1. The van der Waals surface area contributed by atoms with E-state index in [9.17, 15) is 22.4 Å². The summed E-state index contributed by atoms with van der Waals surface area (Å²) in [4.78, 5) is 16.7. The molecule has 1 atom stereocenters. The van der Waals surface area contributed by atoms with Crippen molar-refractivity contribution in [1.82, 2.24) is 14.9 Å². The van der Waals surface area contributed by atoms with Crippen LogP contribution in [-0.4, -0.2) is 15.5 Å². The first-order valence-electron chi connectivity index (χ1n) is 10.4. The monoisotopic (exact) mass is 503 g/mol. The molecule has 2 heterocycles. The highest BCUT2D eigenvalue weighted by Gasteiger charge is 2.32. The number of pyridine rings is 1. The van der Waals surface area contributed by atoms with Gasteiger partial charge < -0.3 is 10.1 Å². The number of ether oxygens (including phenoxy) is 1. The van der Waals surface area contributed by atoms with Crippen molar-refractivity contribution in [2.45, 2.75) is 19.1 Å². The molecule has 0 aliphatic rings. The van der Waals surface area contributed by atoms with Crippen LogP contribution in [0, 0.1) is 5.82 Å². The van der Waals surface area contributed by atoms with Crippen molar-refractivity contribution in [3.8, 4) is 17.3 Å². The van der Waals surface area contributed by atoms with Crippen LogP contribution in [0.25, 0.3) is 5.82 Å². The summed E-state index contributed by atoms with van der Waals surface area (Å²) < 4.78 is 58.8. The van der Waals surface area contributed by atoms with Crippen LogP contribution in [0.15, 0.2) is 79.1 Å². The van der Waals surface area contributed by atoms with Crippen LogP contribution in [0.5, 0.6) is 11.5 Å². The number of hydrogen-bond acceptors (Lipinski definition) is 3. The van der Waals surface area contributed by atoms with Gasteiger partial charge in [-0.1, -0.05) is 23.7 Å². The Labute approximate surface area is 202 Å². The van der Waals surface area contributed by atoms with Gasteiger partial charge in [0, 0.05) is 12.4 Å². The van der Waals surface area contributed by atoms with Crippen LogP contribution in [-0.2, 0) is 6.18 Å². The van der Waals surface area contributed by atoms with Gasteiger partial charge in [-0.15, -0.1) is 0 Å². The summed E-state index contributed by atoms with van der Waals surface area (Å²) in [6, 6.07) is 16.0. The van der Waals surface area contributed by atoms with E-state index >= 15 is 0 Å². The number of hydrogen-bond donors (Lipinski definition) is 1. The van der Waals surface area contributed by atoms with E-state index in [1.807, 2.05) is 0 Å². The highest BCUT2D eigenvalue weighted by Crippen LogP contribution is 2.32. The van der Waals surface area contributed by atoms with Gasteiger partial charge in [-0.05, 0) is 67.1 Å². The Bertz CT molecular complexity index is 1340. The average molecular weight is 504 g/mol. The molecular formula is C25H18ClF4N3O2. The van der Waals surface area contributed by atoms with Crippen LogP contribution in [0.4, 0.5) is 17.6 Å². The highest BCUT2D eigenvalue weighted by molar-refractivity contribution is 6.32. The lowest BCUT2D eigenvalue weighted by atomic mass is 10.1. The molecule has 1 unspecified atom stereocenters. The van der Waals surface area contributed by atoms with Crippen molar-refractivity contribution >= 4 is 17.5 Å². The van der Waals surface area contributed by atoms with E-state index in [1.54, 1.807) is 37.3 Å². The fourth-order valence-electron chi connectivity index (χ4n) is 3.33. The lowest BCUT2D eigenvalue weighted by molar-refractivity contribution is -0.137. The Balaban J connectivity index is 1.46. The minimum absolute atomic E-state index is 0.00441. The summed E-state index contributed by atoms with van der Waals surface area (Å²) in [5, 5.41) is 2.61. The number of benzene rings is 2. The first kappa shape index (κ1) is 24.3. The summed E-state index contributed by atoms with van der Waals surface area (Å²) >= 11 is 6.04. The summed E-state index contributed by atoms with van der Waals surface area (Å²) in [6.45, 7) is 1.78. The normalized spacial score (nSPS) is 12.3. The molecule has 4 aromatic rings. The maximum atomic E-state index is 13.0. The van der Waals surface area contributed by atoms with Gasteiger partial charge in [0.2, 0.25) is 0 Å². The zero-order valence-corrected chi connectivity index (χ0v) is 18.9. The van der Waals surface area contributed by atoms with Gasteiger partial charge in [-0.2, -0.15) is 13.2 Å². The molecule has 35 heavy (non-hydrogen) atoms. The van der Waals surface area contributed by atoms with Crippen molar-refractivity contribution < 1.29 is 27.1 Å². The highest BCUT2D eigenvalue weighted by atomic mass is 35.5. The molecular weight excluding hydrogens is 486 g/mol. The van der Waals surface area contributed by atoms with E-state index in [0.29, 0.717) is 17.7 Å². The van der Waals surface area contributed by atoms with Gasteiger partial charge in [0.1, 0.15) is 23.0 Å². The molecule has 0 spiro atoms. The van der Waals surface area contributed by atoms with Gasteiger partial charge >= 0.3 is 6.18 Å². The Kier molecular flexibility index (Phi) is 6.79. The first-order chi connectivity index (χ1) is 16.6. The van der Waals surface area contributed by atoms with E-state index in [-0.39, 0.29) is 22.4 Å². The first-order valence-corrected chi connectivity index (χ1v) is 10.7. The standard InChI is InChI=1S/C25H18ClF4N3O2/c1-15(16-4-8-19(9-5-16)35-20-10-6-18(27)7-11-20)32-24(34)22-3-2-12-33(22)23-21(26)13-17(14-31-23)25(28,29)30/h2-15H,1H3,(H,32,34). The predicted molar refractivity (Wildman–Crippen MR) is 122 cm³/mol. The molecule has 10 heteroatoms. The molecule has 0 saturated carbocycles. The smallest absolute Gasteiger partial charge is 0.417 e. The number of carbonyl (C=O) groups excluding carboxylic acids is 1. The van der Waals surface area contributed by atoms with Crippen LogP contribution in [0.1, 0.15) is 34.6 Å². The van der Waals surface area contributed by atoms with E-state index in [4.69, 9.17) is 16.3 Å². The Hall–Kier alpha value is -3.85. The maximum absolute atomic E-state index is 13.0. The molecule has 0 aliphatic carbocycles. The zero-order chi connectivity index (χ0) is 25.2. The Morgan fingerprint density at radius 3 is 2.29 bits per heavy atom. The summed E-state index contributed by atoms with van der Waals surface area (Å²) in [5.74, 6) is 0.198. The van der Waals surface area contributed by atoms with Crippen LogP contribution in [0.3, 0.4) is 0 Å². The fraction of sp³-hybridized carbons (Fsp3) is 0.120. The van der Waals surface area contributed by atoms with Gasteiger partial charge in [0.25, 0.3) is 5.91 Å². The summed E-state index contributed by atoms with van der Waals surface area (Å²) in [7, 11) is 0. The van der Waals surface area contributed by atoms with Crippen LogP contribution in [0.2, 0.25) is 5.02 Å². The van der Waals surface area contributed by atoms with Gasteiger partial charge in [-0.25, -0.2) is 9.37 Å². The molecule has 2 aromatic carbocycles. The second-order valence-electron chi connectivity index (χ2n) is 7.61. The van der Waals surface area contributed by atoms with Crippen LogP contribution >= 0.6 is 11.6 Å². The third-order valence-electron chi connectivity index (χ3n) is 5.14. The molecule has 1 N–H and O–H groups in total. The second-order valence-corrected chi connectivity index (χ2v) is 8.02. The summed E-state index contributed by atoms with van der Waals surface area (Å²) in [5.41, 5.74) is -0.0410. The maximum Gasteiger partial charge on any atom is 0.417 e. The molecule has 0 aliphatic heterocycles. The number of amides is 1. The van der Waals surface area contributed by atoms with Crippen molar-refractivity contribution in [2.75, 3.05) is 0 Å². The third kappa shape index (κ3) is 5.63. The molecule has 5 nitrogen and oxygen atoms in total. The van der Waals surface area contributed by atoms with E-state index in [1.165, 1.54) is 41.1 Å². The van der Waals surface area contributed by atoms with E-state index < -0.39 is 23.7 Å². The third-order valence-corrected chi connectivity index (χ3v) is 5.41. The number of halogens is 5. The largest absolute Gasteiger partial charge is 0.457 e. The zero-order valence-electron chi connectivity index (χ0n) is 18.2. The molecule has 4 rings (SSSR count). The lowest BCUT2D eigenvalue weighted by Crippen LogP contribution is -2.28. The van der Waals surface area contributed by atoms with Gasteiger partial charge in [0.15, 0.2) is 5.82 Å². The predicted octanol–water partition coefficient (Wildman–Crippen LogP) is 6.97. The average Bonchev–Trinajstić information content (AvgIpc) is 3.30. The number of carbonyl (C=O) groups is 1. The van der Waals surface area contributed by atoms with Crippen LogP contribution < -0.4 is 10.1 Å². The number of aromatic nitrogens is 2. The van der Waals surface area contributed by atoms with E-state index in [0.717, 1.165) is 11.6 Å². The minimum Gasteiger partial charge on any atom is -0.457 e. The number of nitrogens with zero attached hydrogens (tertiary/aromatic N) is 2.